The molecule has 1 aliphatic rings. The van der Waals surface area contributed by atoms with Crippen LogP contribution < -0.4 is 10.3 Å². The molecule has 162 valence electrons. The van der Waals surface area contributed by atoms with E-state index in [2.05, 4.69) is 5.43 Å². The first-order valence-electron chi connectivity index (χ1n) is 9.31. The van der Waals surface area contributed by atoms with Crippen molar-refractivity contribution in [2.24, 2.45) is 5.92 Å². The lowest BCUT2D eigenvalue weighted by Gasteiger charge is -2.29. The van der Waals surface area contributed by atoms with Gasteiger partial charge in [-0.1, -0.05) is 37.0 Å². The van der Waals surface area contributed by atoms with Crippen LogP contribution in [-0.4, -0.2) is 34.7 Å². The second kappa shape index (κ2) is 9.03. The average molecular weight is 466 g/mol. The van der Waals surface area contributed by atoms with Gasteiger partial charge in [0.1, 0.15) is 11.9 Å². The van der Waals surface area contributed by atoms with Gasteiger partial charge in [-0.25, -0.2) is 14.3 Å². The molecule has 31 heavy (non-hydrogen) atoms. The Hall–Kier alpha value is -2.97. The second-order valence-electron chi connectivity index (χ2n) is 7.20. The number of hydrazine groups is 1. The Labute approximate surface area is 187 Å². The normalized spacial score (nSPS) is 16.1. The minimum absolute atomic E-state index is 0.0740. The number of hydrogen-bond acceptors (Lipinski definition) is 4. The first kappa shape index (κ1) is 22.7. The molecule has 7 nitrogen and oxygen atoms in total. The summed E-state index contributed by atoms with van der Waals surface area (Å²) < 4.78 is 13.5. The van der Waals surface area contributed by atoms with Crippen molar-refractivity contribution in [2.75, 3.05) is 4.90 Å². The third-order valence-corrected chi connectivity index (χ3v) is 5.20. The van der Waals surface area contributed by atoms with E-state index < -0.39 is 41.4 Å². The van der Waals surface area contributed by atoms with Crippen LogP contribution in [0.3, 0.4) is 0 Å². The van der Waals surface area contributed by atoms with E-state index in [-0.39, 0.29) is 22.7 Å². The van der Waals surface area contributed by atoms with Crippen LogP contribution in [-0.2, 0) is 14.4 Å². The van der Waals surface area contributed by atoms with E-state index in [1.807, 2.05) is 0 Å². The first-order valence-corrected chi connectivity index (χ1v) is 10.1. The molecule has 10 heteroatoms. The molecule has 1 heterocycles. The van der Waals surface area contributed by atoms with E-state index in [1.165, 1.54) is 30.3 Å². The van der Waals surface area contributed by atoms with E-state index in [4.69, 9.17) is 23.2 Å². The maximum atomic E-state index is 13.5. The number of nitrogens with zero attached hydrogens (tertiary/aromatic N) is 2. The van der Waals surface area contributed by atoms with Crippen LogP contribution in [0.5, 0.6) is 0 Å². The number of carbonyl (C=O) groups excluding carboxylic acids is 4. The van der Waals surface area contributed by atoms with E-state index in [1.54, 1.807) is 13.8 Å². The van der Waals surface area contributed by atoms with Gasteiger partial charge < -0.3 is 0 Å². The number of rotatable bonds is 4. The number of benzene rings is 2. The molecule has 0 aliphatic carbocycles. The zero-order valence-corrected chi connectivity index (χ0v) is 18.1. The summed E-state index contributed by atoms with van der Waals surface area (Å²) in [5.41, 5.74) is 2.72. The Morgan fingerprint density at radius 1 is 1.13 bits per heavy atom. The van der Waals surface area contributed by atoms with Gasteiger partial charge in [-0.05, 0) is 42.5 Å². The van der Waals surface area contributed by atoms with Crippen molar-refractivity contribution in [1.82, 2.24) is 10.4 Å². The van der Waals surface area contributed by atoms with Crippen LogP contribution in [0.25, 0.3) is 0 Å². The van der Waals surface area contributed by atoms with E-state index in [9.17, 15) is 23.6 Å². The maximum Gasteiger partial charge on any atom is 0.269 e. The Bertz CT molecular complexity index is 1060. The third-order valence-electron chi connectivity index (χ3n) is 4.66. The predicted octanol–water partition coefficient (Wildman–Crippen LogP) is 3.59. The van der Waals surface area contributed by atoms with Gasteiger partial charge in [-0.3, -0.25) is 24.6 Å². The number of hydrogen-bond donors (Lipinski definition) is 1. The van der Waals surface area contributed by atoms with Crippen LogP contribution in [0, 0.1) is 11.7 Å². The fraction of sp³-hybridized carbons (Fsp3) is 0.238. The van der Waals surface area contributed by atoms with Crippen LogP contribution in [0.15, 0.2) is 42.5 Å². The quantitative estimate of drug-likeness (QED) is 0.551. The summed E-state index contributed by atoms with van der Waals surface area (Å²) in [6.07, 6.45) is -0.354. The van der Waals surface area contributed by atoms with E-state index >= 15 is 0 Å². The highest BCUT2D eigenvalue weighted by atomic mass is 35.5. The smallest absolute Gasteiger partial charge is 0.269 e. The topological polar surface area (TPSA) is 86.8 Å². The lowest BCUT2D eigenvalue weighted by atomic mass is 10.1. The maximum absolute atomic E-state index is 13.5. The molecule has 0 spiro atoms. The summed E-state index contributed by atoms with van der Waals surface area (Å²) in [6.45, 7) is 3.20. The van der Waals surface area contributed by atoms with Gasteiger partial charge >= 0.3 is 0 Å². The molecular formula is C21H18Cl2FN3O4. The highest BCUT2D eigenvalue weighted by molar-refractivity contribution is 6.31. The zero-order chi connectivity index (χ0) is 22.9. The van der Waals surface area contributed by atoms with Gasteiger partial charge in [-0.2, -0.15) is 0 Å². The molecule has 2 aromatic rings. The zero-order valence-electron chi connectivity index (χ0n) is 16.6. The molecule has 1 unspecified atom stereocenters. The highest BCUT2D eigenvalue weighted by Gasteiger charge is 2.45. The average Bonchev–Trinajstić information content (AvgIpc) is 3.02. The number of imide groups is 1. The monoisotopic (exact) mass is 465 g/mol. The Morgan fingerprint density at radius 2 is 1.77 bits per heavy atom. The molecule has 0 radical (unpaired) electrons. The van der Waals surface area contributed by atoms with Gasteiger partial charge in [-0.15, -0.1) is 0 Å². The number of amides is 4. The second-order valence-corrected chi connectivity index (χ2v) is 8.04. The van der Waals surface area contributed by atoms with Gasteiger partial charge in [0.2, 0.25) is 11.8 Å². The fourth-order valence-electron chi connectivity index (χ4n) is 3.05. The molecule has 1 aliphatic heterocycles. The molecule has 4 amide bonds. The van der Waals surface area contributed by atoms with Crippen molar-refractivity contribution >= 4 is 52.5 Å². The SMILES string of the molecule is CC(C)C(=O)N(NC(=O)c1ccc(Cl)cc1)C1CC(=O)N(c2ccc(F)c(Cl)c2)C1=O. The summed E-state index contributed by atoms with van der Waals surface area (Å²) in [5, 5.41) is 1.05. The van der Waals surface area contributed by atoms with Gasteiger partial charge in [0, 0.05) is 16.5 Å². The van der Waals surface area contributed by atoms with E-state index in [0.29, 0.717) is 5.02 Å². The van der Waals surface area contributed by atoms with Crippen LogP contribution >= 0.6 is 23.2 Å². The molecule has 0 bridgehead atoms. The molecule has 0 aromatic heterocycles. The Morgan fingerprint density at radius 3 is 2.35 bits per heavy atom. The van der Waals surface area contributed by atoms with Crippen molar-refractivity contribution in [1.29, 1.82) is 0 Å². The van der Waals surface area contributed by atoms with Crippen LogP contribution in [0.2, 0.25) is 10.0 Å². The summed E-state index contributed by atoms with van der Waals surface area (Å²) >= 11 is 11.6. The third kappa shape index (κ3) is 4.70. The molecule has 3 rings (SSSR count). The lowest BCUT2D eigenvalue weighted by Crippen LogP contribution is -2.55. The minimum atomic E-state index is -1.26. The predicted molar refractivity (Wildman–Crippen MR) is 113 cm³/mol. The largest absolute Gasteiger partial charge is 0.274 e. The molecule has 1 fully saturated rings. The first-order chi connectivity index (χ1) is 14.6. The van der Waals surface area contributed by atoms with E-state index in [0.717, 1.165) is 22.0 Å². The Balaban J connectivity index is 1.90. The highest BCUT2D eigenvalue weighted by Crippen LogP contribution is 2.29. The molecule has 1 atom stereocenters. The lowest BCUT2D eigenvalue weighted by molar-refractivity contribution is -0.143. The van der Waals surface area contributed by atoms with Crippen molar-refractivity contribution < 1.29 is 23.6 Å². The summed E-state index contributed by atoms with van der Waals surface area (Å²) in [4.78, 5) is 51.9. The van der Waals surface area contributed by atoms with Crippen molar-refractivity contribution in [3.63, 3.8) is 0 Å². The van der Waals surface area contributed by atoms with Crippen molar-refractivity contribution in [3.05, 3.63) is 63.9 Å². The fourth-order valence-corrected chi connectivity index (χ4v) is 3.35. The number of anilines is 1. The Kier molecular flexibility index (Phi) is 6.62. The minimum Gasteiger partial charge on any atom is -0.274 e. The van der Waals surface area contributed by atoms with Crippen molar-refractivity contribution in [2.45, 2.75) is 26.3 Å². The van der Waals surface area contributed by atoms with Gasteiger partial charge in [0.15, 0.2) is 0 Å². The molecule has 1 saturated heterocycles. The van der Waals surface area contributed by atoms with Crippen LogP contribution in [0.4, 0.5) is 10.1 Å². The van der Waals surface area contributed by atoms with Crippen LogP contribution in [0.1, 0.15) is 30.6 Å². The van der Waals surface area contributed by atoms with Crippen molar-refractivity contribution in [3.8, 4) is 0 Å². The molecule has 2 aromatic carbocycles. The summed E-state index contributed by atoms with van der Waals surface area (Å²) in [5.74, 6) is -3.81. The molecule has 1 N–H and O–H groups in total. The number of nitrogens with one attached hydrogen (secondary N) is 1. The summed E-state index contributed by atoms with van der Waals surface area (Å²) in [7, 11) is 0. The standard InChI is InChI=1S/C21H18Cl2FN3O4/c1-11(2)20(30)27(25-19(29)12-3-5-13(22)6-4-12)17-10-18(28)26(21(17)31)14-7-8-16(24)15(23)9-14/h3-9,11,17H,10H2,1-2H3,(H,25,29). The van der Waals surface area contributed by atoms with Gasteiger partial charge in [0.05, 0.1) is 17.1 Å². The molecule has 0 saturated carbocycles. The molecular weight excluding hydrogens is 448 g/mol. The number of halogens is 3. The number of carbonyl (C=O) groups is 4. The van der Waals surface area contributed by atoms with Gasteiger partial charge in [0.25, 0.3) is 11.8 Å². The summed E-state index contributed by atoms with van der Waals surface area (Å²) in [6, 6.07) is 8.10.